The van der Waals surface area contributed by atoms with Crippen LogP contribution in [0, 0.1) is 5.82 Å². The first kappa shape index (κ1) is 13.6. The lowest BCUT2D eigenvalue weighted by atomic mass is 10.0. The fourth-order valence-corrected chi connectivity index (χ4v) is 1.40. The molecule has 3 nitrogen and oxygen atoms in total. The van der Waals surface area contributed by atoms with Crippen LogP contribution in [-0.2, 0) is 11.2 Å². The minimum Gasteiger partial charge on any atom is -0.339 e. The number of carbonyl (C=O) groups excluding carboxylic acids is 1. The molecule has 4 heteroatoms. The molecule has 1 aromatic rings. The van der Waals surface area contributed by atoms with E-state index in [2.05, 4.69) is 0 Å². The van der Waals surface area contributed by atoms with Crippen molar-refractivity contribution < 1.29 is 9.18 Å². The standard InChI is InChI=1S/C13H19FN2O/c1-13(2,9-15)16(3)12(17)8-10-6-4-5-7-11(10)14/h4-7H,8-9,15H2,1-3H3. The lowest BCUT2D eigenvalue weighted by Crippen LogP contribution is -2.50. The van der Waals surface area contributed by atoms with Gasteiger partial charge in [-0.25, -0.2) is 4.39 Å². The zero-order chi connectivity index (χ0) is 13.1. The molecule has 0 spiro atoms. The highest BCUT2D eigenvalue weighted by Gasteiger charge is 2.26. The third kappa shape index (κ3) is 3.27. The number of rotatable bonds is 4. The van der Waals surface area contributed by atoms with Gasteiger partial charge in [-0.15, -0.1) is 0 Å². The summed E-state index contributed by atoms with van der Waals surface area (Å²) in [6.07, 6.45) is 0.0621. The van der Waals surface area contributed by atoms with Crippen molar-refractivity contribution in [2.45, 2.75) is 25.8 Å². The van der Waals surface area contributed by atoms with Crippen molar-refractivity contribution in [1.29, 1.82) is 0 Å². The van der Waals surface area contributed by atoms with E-state index in [1.807, 2.05) is 13.8 Å². The Morgan fingerprint density at radius 2 is 2.00 bits per heavy atom. The summed E-state index contributed by atoms with van der Waals surface area (Å²) in [6, 6.07) is 6.31. The van der Waals surface area contributed by atoms with Crippen molar-refractivity contribution in [1.82, 2.24) is 4.90 Å². The maximum absolute atomic E-state index is 13.4. The van der Waals surface area contributed by atoms with Gasteiger partial charge in [0.25, 0.3) is 0 Å². The van der Waals surface area contributed by atoms with Gasteiger partial charge in [0.1, 0.15) is 5.82 Å². The van der Waals surface area contributed by atoms with Crippen molar-refractivity contribution in [3.63, 3.8) is 0 Å². The molecule has 17 heavy (non-hydrogen) atoms. The molecular weight excluding hydrogens is 219 g/mol. The number of amides is 1. The number of nitrogens with two attached hydrogens (primary N) is 1. The molecule has 2 N–H and O–H groups in total. The van der Waals surface area contributed by atoms with Crippen LogP contribution < -0.4 is 5.73 Å². The van der Waals surface area contributed by atoms with E-state index in [9.17, 15) is 9.18 Å². The van der Waals surface area contributed by atoms with E-state index in [-0.39, 0.29) is 18.1 Å². The molecule has 0 unspecified atom stereocenters. The molecule has 0 aliphatic heterocycles. The number of carbonyl (C=O) groups is 1. The zero-order valence-corrected chi connectivity index (χ0v) is 10.5. The highest BCUT2D eigenvalue weighted by Crippen LogP contribution is 2.14. The van der Waals surface area contributed by atoms with Gasteiger partial charge in [0.15, 0.2) is 0 Å². The summed E-state index contributed by atoms with van der Waals surface area (Å²) in [6.45, 7) is 4.13. The fourth-order valence-electron chi connectivity index (χ4n) is 1.40. The van der Waals surface area contributed by atoms with E-state index in [0.717, 1.165) is 0 Å². The summed E-state index contributed by atoms with van der Waals surface area (Å²) in [5, 5.41) is 0. The fraction of sp³-hybridized carbons (Fsp3) is 0.462. The Kier molecular flexibility index (Phi) is 4.23. The third-order valence-electron chi connectivity index (χ3n) is 3.08. The maximum Gasteiger partial charge on any atom is 0.227 e. The van der Waals surface area contributed by atoms with Crippen LogP contribution in [0.4, 0.5) is 4.39 Å². The number of benzene rings is 1. The first-order valence-corrected chi connectivity index (χ1v) is 5.58. The van der Waals surface area contributed by atoms with Crippen LogP contribution in [0.5, 0.6) is 0 Å². The zero-order valence-electron chi connectivity index (χ0n) is 10.5. The number of halogens is 1. The highest BCUT2D eigenvalue weighted by molar-refractivity contribution is 5.79. The Balaban J connectivity index is 2.77. The van der Waals surface area contributed by atoms with Gasteiger partial charge in [-0.1, -0.05) is 18.2 Å². The average molecular weight is 238 g/mol. The van der Waals surface area contributed by atoms with Crippen LogP contribution in [0.1, 0.15) is 19.4 Å². The molecule has 0 bridgehead atoms. The van der Waals surface area contributed by atoms with Gasteiger partial charge in [0.05, 0.1) is 6.42 Å². The number of hydrogen-bond acceptors (Lipinski definition) is 2. The van der Waals surface area contributed by atoms with Gasteiger partial charge in [0.2, 0.25) is 5.91 Å². The minimum absolute atomic E-state index is 0.0621. The Bertz CT molecular complexity index is 404. The van der Waals surface area contributed by atoms with Crippen molar-refractivity contribution >= 4 is 5.91 Å². The largest absolute Gasteiger partial charge is 0.339 e. The predicted molar refractivity (Wildman–Crippen MR) is 66.0 cm³/mol. The first-order valence-electron chi connectivity index (χ1n) is 5.58. The van der Waals surface area contributed by atoms with Gasteiger partial charge in [-0.3, -0.25) is 4.79 Å². The van der Waals surface area contributed by atoms with Gasteiger partial charge in [0, 0.05) is 19.1 Å². The molecule has 0 aromatic heterocycles. The van der Waals surface area contributed by atoms with Crippen LogP contribution in [0.2, 0.25) is 0 Å². The monoisotopic (exact) mass is 238 g/mol. The molecule has 0 heterocycles. The quantitative estimate of drug-likeness (QED) is 0.865. The molecule has 0 aliphatic rings. The lowest BCUT2D eigenvalue weighted by Gasteiger charge is -2.34. The summed E-state index contributed by atoms with van der Waals surface area (Å²) < 4.78 is 13.4. The van der Waals surface area contributed by atoms with E-state index in [1.54, 1.807) is 30.1 Å². The molecule has 94 valence electrons. The SMILES string of the molecule is CN(C(=O)Cc1ccccc1F)C(C)(C)CN. The van der Waals surface area contributed by atoms with Crippen LogP contribution in [-0.4, -0.2) is 29.9 Å². The van der Waals surface area contributed by atoms with Crippen molar-refractivity contribution in [2.24, 2.45) is 5.73 Å². The Hall–Kier alpha value is -1.42. The van der Waals surface area contributed by atoms with Crippen LogP contribution in [0.3, 0.4) is 0 Å². The summed E-state index contributed by atoms with van der Waals surface area (Å²) in [7, 11) is 1.69. The second kappa shape index (κ2) is 5.27. The third-order valence-corrected chi connectivity index (χ3v) is 3.08. The predicted octanol–water partition coefficient (Wildman–Crippen LogP) is 1.56. The molecule has 0 atom stereocenters. The lowest BCUT2D eigenvalue weighted by molar-refractivity contribution is -0.133. The molecule has 1 amide bonds. The molecule has 1 aromatic carbocycles. The molecule has 0 saturated heterocycles. The number of likely N-dealkylation sites (N-methyl/N-ethyl adjacent to an activating group) is 1. The highest BCUT2D eigenvalue weighted by atomic mass is 19.1. The molecule has 0 fully saturated rings. The maximum atomic E-state index is 13.4. The van der Waals surface area contributed by atoms with Crippen LogP contribution in [0.25, 0.3) is 0 Å². The van der Waals surface area contributed by atoms with Gasteiger partial charge in [-0.05, 0) is 25.5 Å². The Morgan fingerprint density at radius 3 is 2.53 bits per heavy atom. The van der Waals surface area contributed by atoms with Gasteiger partial charge >= 0.3 is 0 Å². The van der Waals surface area contributed by atoms with E-state index in [0.29, 0.717) is 12.1 Å². The molecule has 1 rings (SSSR count). The topological polar surface area (TPSA) is 46.3 Å². The van der Waals surface area contributed by atoms with Crippen LogP contribution >= 0.6 is 0 Å². The second-order valence-electron chi connectivity index (χ2n) is 4.74. The smallest absolute Gasteiger partial charge is 0.227 e. The van der Waals surface area contributed by atoms with Crippen molar-refractivity contribution in [3.8, 4) is 0 Å². The molecule has 0 radical (unpaired) electrons. The van der Waals surface area contributed by atoms with E-state index < -0.39 is 5.54 Å². The van der Waals surface area contributed by atoms with Crippen molar-refractivity contribution in [2.75, 3.05) is 13.6 Å². The summed E-state index contributed by atoms with van der Waals surface area (Å²) >= 11 is 0. The number of nitrogens with zero attached hydrogens (tertiary/aromatic N) is 1. The number of hydrogen-bond donors (Lipinski definition) is 1. The second-order valence-corrected chi connectivity index (χ2v) is 4.74. The van der Waals surface area contributed by atoms with E-state index >= 15 is 0 Å². The van der Waals surface area contributed by atoms with Gasteiger partial charge in [-0.2, -0.15) is 0 Å². The van der Waals surface area contributed by atoms with Crippen molar-refractivity contribution in [3.05, 3.63) is 35.6 Å². The van der Waals surface area contributed by atoms with Gasteiger partial charge < -0.3 is 10.6 Å². The Morgan fingerprint density at radius 1 is 1.41 bits per heavy atom. The molecule has 0 saturated carbocycles. The summed E-state index contributed by atoms with van der Waals surface area (Å²) in [5.41, 5.74) is 5.60. The normalized spacial score (nSPS) is 11.4. The average Bonchev–Trinajstić information content (AvgIpc) is 2.31. The van der Waals surface area contributed by atoms with E-state index in [1.165, 1.54) is 6.07 Å². The molecular formula is C13H19FN2O. The Labute approximate surface area is 101 Å². The van der Waals surface area contributed by atoms with Crippen LogP contribution in [0.15, 0.2) is 24.3 Å². The molecule has 0 aliphatic carbocycles. The minimum atomic E-state index is -0.414. The van der Waals surface area contributed by atoms with E-state index in [4.69, 9.17) is 5.73 Å². The first-order chi connectivity index (χ1) is 7.88. The summed E-state index contributed by atoms with van der Waals surface area (Å²) in [4.78, 5) is 13.5. The summed E-state index contributed by atoms with van der Waals surface area (Å²) in [5.74, 6) is -0.481.